The summed E-state index contributed by atoms with van der Waals surface area (Å²) in [5.41, 5.74) is -0.391. The van der Waals surface area contributed by atoms with E-state index in [0.29, 0.717) is 0 Å². The summed E-state index contributed by atoms with van der Waals surface area (Å²) in [6.45, 7) is 0. The molecule has 0 fully saturated rings. The standard InChI is InChI=1S/C8H9N5O3.CO2/c1-11-4-10-13(8(11)16)7-9-3-5(6(14)15)12(7)2;2-1-3/h3-4H,1-2H3,(H,14,15);. The lowest BCUT2D eigenvalue weighted by Gasteiger charge is -2.00. The van der Waals surface area contributed by atoms with Gasteiger partial charge in [0.2, 0.25) is 5.95 Å². The summed E-state index contributed by atoms with van der Waals surface area (Å²) in [7, 11) is 3.06. The van der Waals surface area contributed by atoms with E-state index in [2.05, 4.69) is 10.1 Å². The minimum atomic E-state index is -1.11. The Labute approximate surface area is 105 Å². The highest BCUT2D eigenvalue weighted by Gasteiger charge is 2.16. The van der Waals surface area contributed by atoms with Gasteiger partial charge in [-0.15, -0.1) is 4.68 Å². The Morgan fingerprint density at radius 2 is 1.95 bits per heavy atom. The second kappa shape index (κ2) is 5.56. The molecule has 0 aliphatic heterocycles. The number of nitrogens with zero attached hydrogens (tertiary/aromatic N) is 5. The van der Waals surface area contributed by atoms with Crippen LogP contribution in [0.1, 0.15) is 10.5 Å². The van der Waals surface area contributed by atoms with E-state index in [0.717, 1.165) is 4.68 Å². The number of aryl methyl sites for hydroxylation is 1. The Kier molecular flexibility index (Phi) is 4.11. The lowest BCUT2D eigenvalue weighted by Crippen LogP contribution is -2.24. The van der Waals surface area contributed by atoms with Crippen molar-refractivity contribution in [1.29, 1.82) is 0 Å². The monoisotopic (exact) mass is 267 g/mol. The van der Waals surface area contributed by atoms with Crippen LogP contribution in [0, 0.1) is 0 Å². The molecule has 0 amide bonds. The predicted octanol–water partition coefficient (Wildman–Crippen LogP) is -1.58. The summed E-state index contributed by atoms with van der Waals surface area (Å²) in [6.07, 6.45) is 2.76. The summed E-state index contributed by atoms with van der Waals surface area (Å²) in [6, 6.07) is 0. The first kappa shape index (κ1) is 14.1. The van der Waals surface area contributed by atoms with Crippen LogP contribution in [0.25, 0.3) is 5.95 Å². The largest absolute Gasteiger partial charge is 0.477 e. The Morgan fingerprint density at radius 1 is 1.37 bits per heavy atom. The minimum absolute atomic E-state index is 0.00690. The van der Waals surface area contributed by atoms with E-state index in [1.165, 1.54) is 28.7 Å². The van der Waals surface area contributed by atoms with Crippen molar-refractivity contribution in [2.75, 3.05) is 0 Å². The number of imidazole rings is 1. The fourth-order valence-electron chi connectivity index (χ4n) is 1.31. The van der Waals surface area contributed by atoms with Crippen molar-refractivity contribution >= 4 is 12.1 Å². The topological polar surface area (TPSA) is 129 Å². The molecule has 0 unspecified atom stereocenters. The van der Waals surface area contributed by atoms with Crippen LogP contribution in [-0.2, 0) is 23.7 Å². The molecule has 0 atom stereocenters. The van der Waals surface area contributed by atoms with Gasteiger partial charge in [0.15, 0.2) is 0 Å². The van der Waals surface area contributed by atoms with Crippen LogP contribution in [0.5, 0.6) is 0 Å². The molecule has 0 aromatic carbocycles. The van der Waals surface area contributed by atoms with Crippen LogP contribution in [-0.4, -0.2) is 41.1 Å². The molecule has 0 spiro atoms. The number of aromatic carboxylic acids is 1. The summed E-state index contributed by atoms with van der Waals surface area (Å²) in [4.78, 5) is 42.4. The Balaban J connectivity index is 0.000000550. The van der Waals surface area contributed by atoms with Crippen LogP contribution in [0.15, 0.2) is 17.3 Å². The van der Waals surface area contributed by atoms with E-state index in [1.54, 1.807) is 7.05 Å². The van der Waals surface area contributed by atoms with Crippen LogP contribution in [0.3, 0.4) is 0 Å². The van der Waals surface area contributed by atoms with E-state index in [9.17, 15) is 9.59 Å². The number of carbonyl (C=O) groups is 1. The molecule has 0 aliphatic carbocycles. The number of carbonyl (C=O) groups excluding carboxylic acids is 2. The molecular formula is C9H9N5O5. The van der Waals surface area contributed by atoms with Crippen molar-refractivity contribution in [2.24, 2.45) is 14.1 Å². The van der Waals surface area contributed by atoms with Gasteiger partial charge in [-0.3, -0.25) is 4.57 Å². The van der Waals surface area contributed by atoms with E-state index in [4.69, 9.17) is 14.7 Å². The fraction of sp³-hybridized carbons (Fsp3) is 0.222. The molecule has 2 aromatic rings. The third kappa shape index (κ3) is 2.64. The van der Waals surface area contributed by atoms with Gasteiger partial charge in [0.25, 0.3) is 0 Å². The molecule has 100 valence electrons. The maximum atomic E-state index is 11.6. The highest BCUT2D eigenvalue weighted by Crippen LogP contribution is 2.05. The number of rotatable bonds is 2. The Hall–Kier alpha value is -3.00. The van der Waals surface area contributed by atoms with Gasteiger partial charge in [0.05, 0.1) is 6.20 Å². The second-order valence-electron chi connectivity index (χ2n) is 3.33. The molecule has 2 aromatic heterocycles. The van der Waals surface area contributed by atoms with Gasteiger partial charge >= 0.3 is 17.8 Å². The van der Waals surface area contributed by atoms with Crippen LogP contribution in [0.2, 0.25) is 0 Å². The van der Waals surface area contributed by atoms with Gasteiger partial charge < -0.3 is 9.67 Å². The van der Waals surface area contributed by atoms with Crippen molar-refractivity contribution in [2.45, 2.75) is 0 Å². The normalized spacial score (nSPS) is 9.37. The molecule has 0 bridgehead atoms. The molecule has 2 rings (SSSR count). The van der Waals surface area contributed by atoms with Crippen molar-refractivity contribution < 1.29 is 19.5 Å². The molecule has 19 heavy (non-hydrogen) atoms. The van der Waals surface area contributed by atoms with Crippen LogP contribution >= 0.6 is 0 Å². The van der Waals surface area contributed by atoms with Gasteiger partial charge in [0, 0.05) is 14.1 Å². The second-order valence-corrected chi connectivity index (χ2v) is 3.33. The van der Waals surface area contributed by atoms with Gasteiger partial charge in [-0.1, -0.05) is 0 Å². The highest BCUT2D eigenvalue weighted by molar-refractivity contribution is 5.85. The first-order valence-corrected chi connectivity index (χ1v) is 4.79. The maximum Gasteiger partial charge on any atom is 0.373 e. The number of hydrogen-bond acceptors (Lipinski definition) is 6. The van der Waals surface area contributed by atoms with E-state index in [1.807, 2.05) is 0 Å². The molecule has 10 nitrogen and oxygen atoms in total. The maximum absolute atomic E-state index is 11.6. The summed E-state index contributed by atoms with van der Waals surface area (Å²) >= 11 is 0. The molecular weight excluding hydrogens is 258 g/mol. The summed E-state index contributed by atoms with van der Waals surface area (Å²) < 4.78 is 3.60. The molecule has 2 heterocycles. The van der Waals surface area contributed by atoms with Crippen molar-refractivity contribution in [3.63, 3.8) is 0 Å². The highest BCUT2D eigenvalue weighted by atomic mass is 16.4. The third-order valence-corrected chi connectivity index (χ3v) is 2.20. The number of carboxylic acid groups (broad SMARTS) is 1. The average Bonchev–Trinajstić information content (AvgIpc) is 2.86. The zero-order valence-corrected chi connectivity index (χ0v) is 9.97. The molecule has 0 aliphatic rings. The summed E-state index contributed by atoms with van der Waals surface area (Å²) in [5.74, 6) is -0.937. The summed E-state index contributed by atoms with van der Waals surface area (Å²) in [5, 5.41) is 12.6. The first-order valence-electron chi connectivity index (χ1n) is 4.79. The van der Waals surface area contributed by atoms with Gasteiger partial charge in [-0.05, 0) is 0 Å². The molecule has 10 heteroatoms. The lowest BCUT2D eigenvalue weighted by atomic mass is 10.5. The van der Waals surface area contributed by atoms with Crippen molar-refractivity contribution in [3.05, 3.63) is 28.7 Å². The first-order chi connectivity index (χ1) is 8.93. The zero-order chi connectivity index (χ0) is 14.6. The molecule has 0 saturated carbocycles. The van der Waals surface area contributed by atoms with E-state index < -0.39 is 5.97 Å². The van der Waals surface area contributed by atoms with Gasteiger partial charge in [-0.25, -0.2) is 14.6 Å². The van der Waals surface area contributed by atoms with Crippen LogP contribution < -0.4 is 5.69 Å². The lowest BCUT2D eigenvalue weighted by molar-refractivity contribution is -0.191. The third-order valence-electron chi connectivity index (χ3n) is 2.20. The smallest absolute Gasteiger partial charge is 0.373 e. The number of aromatic nitrogens is 5. The minimum Gasteiger partial charge on any atom is -0.477 e. The van der Waals surface area contributed by atoms with Crippen molar-refractivity contribution in [1.82, 2.24) is 23.9 Å². The number of carboxylic acids is 1. The fourth-order valence-corrected chi connectivity index (χ4v) is 1.31. The number of hydrogen-bond donors (Lipinski definition) is 1. The average molecular weight is 267 g/mol. The molecule has 1 N–H and O–H groups in total. The van der Waals surface area contributed by atoms with Crippen molar-refractivity contribution in [3.8, 4) is 5.95 Å². The Morgan fingerprint density at radius 3 is 2.32 bits per heavy atom. The van der Waals surface area contributed by atoms with E-state index >= 15 is 0 Å². The van der Waals surface area contributed by atoms with Gasteiger partial charge in [0.1, 0.15) is 12.0 Å². The molecule has 0 radical (unpaired) electrons. The van der Waals surface area contributed by atoms with Crippen LogP contribution in [0.4, 0.5) is 0 Å². The van der Waals surface area contributed by atoms with Gasteiger partial charge in [-0.2, -0.15) is 14.7 Å². The zero-order valence-electron chi connectivity index (χ0n) is 9.97. The Bertz CT molecular complexity index is 688. The molecule has 0 saturated heterocycles. The SMILES string of the molecule is Cn1c(C(=O)O)cnc1-n1ncn(C)c1=O.O=C=O. The quantitative estimate of drug-likeness (QED) is 0.694. The van der Waals surface area contributed by atoms with E-state index in [-0.39, 0.29) is 23.5 Å². The predicted molar refractivity (Wildman–Crippen MR) is 57.5 cm³/mol.